The highest BCUT2D eigenvalue weighted by molar-refractivity contribution is 7.89. The molecule has 0 fully saturated rings. The predicted molar refractivity (Wildman–Crippen MR) is 94.6 cm³/mol. The first-order valence-electron chi connectivity index (χ1n) is 7.71. The molecule has 2 aromatic rings. The first-order valence-corrected chi connectivity index (χ1v) is 10.1. The largest absolute Gasteiger partial charge is 0.495 e. The number of aryl methyl sites for hydroxylation is 1. The van der Waals surface area contributed by atoms with E-state index in [9.17, 15) is 8.42 Å². The smallest absolute Gasteiger partial charge is 0.247 e. The van der Waals surface area contributed by atoms with Crippen LogP contribution in [-0.2, 0) is 23.0 Å². The van der Waals surface area contributed by atoms with Crippen LogP contribution < -0.4 is 4.74 Å². The summed E-state index contributed by atoms with van der Waals surface area (Å²) in [6, 6.07) is 7.33. The number of nitrogens with zero attached hydrogens (tertiary/aromatic N) is 1. The van der Waals surface area contributed by atoms with E-state index in [4.69, 9.17) is 4.74 Å². The summed E-state index contributed by atoms with van der Waals surface area (Å²) in [6.07, 6.45) is 1.55. The summed E-state index contributed by atoms with van der Waals surface area (Å²) < 4.78 is 33.1. The van der Waals surface area contributed by atoms with Crippen LogP contribution in [0, 0.1) is 0 Å². The van der Waals surface area contributed by atoms with Gasteiger partial charge in [-0.25, -0.2) is 8.42 Å². The van der Waals surface area contributed by atoms with Gasteiger partial charge in [-0.1, -0.05) is 19.9 Å². The summed E-state index contributed by atoms with van der Waals surface area (Å²) in [5.74, 6) is 0.397. The topological polar surface area (TPSA) is 46.6 Å². The minimum Gasteiger partial charge on any atom is -0.495 e. The van der Waals surface area contributed by atoms with Crippen LogP contribution in [0.2, 0.25) is 0 Å². The Morgan fingerprint density at radius 3 is 2.52 bits per heavy atom. The third-order valence-corrected chi connectivity index (χ3v) is 6.26. The average molecular weight is 354 g/mol. The van der Waals surface area contributed by atoms with Gasteiger partial charge in [-0.05, 0) is 52.9 Å². The summed E-state index contributed by atoms with van der Waals surface area (Å²) in [4.78, 5) is 0.253. The normalized spacial score (nSPS) is 11.8. The molecule has 0 saturated carbocycles. The zero-order chi connectivity index (χ0) is 16.9. The van der Waals surface area contributed by atoms with Crippen molar-refractivity contribution in [3.63, 3.8) is 0 Å². The molecule has 0 spiro atoms. The minimum atomic E-state index is -3.60. The number of sulfonamides is 1. The molecule has 0 radical (unpaired) electrons. The van der Waals surface area contributed by atoms with E-state index in [0.29, 0.717) is 18.8 Å². The molecular formula is C17H23NO3S2. The van der Waals surface area contributed by atoms with Gasteiger partial charge in [0.25, 0.3) is 0 Å². The molecule has 1 heterocycles. The molecule has 0 aliphatic carbocycles. The second-order valence-electron chi connectivity index (χ2n) is 5.31. The zero-order valence-electron chi connectivity index (χ0n) is 13.8. The van der Waals surface area contributed by atoms with Gasteiger partial charge >= 0.3 is 0 Å². The fourth-order valence-corrected chi connectivity index (χ4v) is 4.79. The lowest BCUT2D eigenvalue weighted by molar-refractivity contribution is 0.385. The number of thiophene rings is 1. The first-order chi connectivity index (χ1) is 11.0. The summed E-state index contributed by atoms with van der Waals surface area (Å²) in [5, 5.41) is 3.95. The monoisotopic (exact) mass is 353 g/mol. The molecule has 0 aliphatic heterocycles. The van der Waals surface area contributed by atoms with Crippen molar-refractivity contribution in [2.24, 2.45) is 0 Å². The minimum absolute atomic E-state index is 0.253. The lowest BCUT2D eigenvalue weighted by Gasteiger charge is -2.22. The third kappa shape index (κ3) is 4.13. The fraction of sp³-hybridized carbons (Fsp3) is 0.412. The molecule has 0 aliphatic rings. The van der Waals surface area contributed by atoms with E-state index in [1.807, 2.05) is 36.7 Å². The van der Waals surface area contributed by atoms with Crippen LogP contribution in [-0.4, -0.2) is 26.4 Å². The van der Waals surface area contributed by atoms with Gasteiger partial charge in [0.15, 0.2) is 0 Å². The molecule has 23 heavy (non-hydrogen) atoms. The maximum absolute atomic E-state index is 13.1. The highest BCUT2D eigenvalue weighted by Gasteiger charge is 2.27. The Balaban J connectivity index is 2.44. The summed E-state index contributed by atoms with van der Waals surface area (Å²) in [5.41, 5.74) is 1.99. The van der Waals surface area contributed by atoms with Crippen LogP contribution in [0.5, 0.6) is 5.75 Å². The summed E-state index contributed by atoms with van der Waals surface area (Å²) in [7, 11) is -2.10. The Labute approximate surface area is 142 Å². The number of hydrogen-bond acceptors (Lipinski definition) is 4. The van der Waals surface area contributed by atoms with Crippen LogP contribution >= 0.6 is 11.3 Å². The first kappa shape index (κ1) is 18.0. The number of hydrogen-bond donors (Lipinski definition) is 0. The highest BCUT2D eigenvalue weighted by atomic mass is 32.2. The van der Waals surface area contributed by atoms with E-state index < -0.39 is 10.0 Å². The lowest BCUT2D eigenvalue weighted by atomic mass is 10.2. The quantitative estimate of drug-likeness (QED) is 0.722. The van der Waals surface area contributed by atoms with Crippen molar-refractivity contribution in [3.8, 4) is 5.75 Å². The van der Waals surface area contributed by atoms with Gasteiger partial charge in [0.2, 0.25) is 10.0 Å². The molecule has 1 aromatic heterocycles. The molecule has 0 unspecified atom stereocenters. The van der Waals surface area contributed by atoms with Crippen LogP contribution in [0.1, 0.15) is 31.4 Å². The van der Waals surface area contributed by atoms with E-state index >= 15 is 0 Å². The van der Waals surface area contributed by atoms with Gasteiger partial charge in [-0.15, -0.1) is 0 Å². The van der Waals surface area contributed by atoms with Gasteiger partial charge in [0, 0.05) is 13.1 Å². The third-order valence-electron chi connectivity index (χ3n) is 3.67. The molecule has 0 bridgehead atoms. The number of methoxy groups -OCH3 is 1. The van der Waals surface area contributed by atoms with Gasteiger partial charge < -0.3 is 4.74 Å². The summed E-state index contributed by atoms with van der Waals surface area (Å²) >= 11 is 1.57. The van der Waals surface area contributed by atoms with Crippen molar-refractivity contribution in [1.82, 2.24) is 4.31 Å². The molecule has 0 N–H and O–H groups in total. The van der Waals surface area contributed by atoms with Gasteiger partial charge in [0.05, 0.1) is 7.11 Å². The standard InChI is InChI=1S/C17H23NO3S2/c1-4-9-18(12-15-8-10-22-13-15)23(19,20)17-11-14(5-2)6-7-16(17)21-3/h6-8,10-11,13H,4-5,9,12H2,1-3H3. The van der Waals surface area contributed by atoms with Crippen LogP contribution in [0.3, 0.4) is 0 Å². The van der Waals surface area contributed by atoms with Gasteiger partial charge in [0.1, 0.15) is 10.6 Å². The molecular weight excluding hydrogens is 330 g/mol. The van der Waals surface area contributed by atoms with Crippen molar-refractivity contribution in [2.45, 2.75) is 38.1 Å². The Morgan fingerprint density at radius 2 is 1.96 bits per heavy atom. The second-order valence-corrected chi connectivity index (χ2v) is 8.00. The molecule has 4 nitrogen and oxygen atoms in total. The van der Waals surface area contributed by atoms with Gasteiger partial charge in [-0.3, -0.25) is 0 Å². The zero-order valence-corrected chi connectivity index (χ0v) is 15.4. The highest BCUT2D eigenvalue weighted by Crippen LogP contribution is 2.29. The van der Waals surface area contributed by atoms with Crippen LogP contribution in [0.15, 0.2) is 39.9 Å². The van der Waals surface area contributed by atoms with Crippen LogP contribution in [0.25, 0.3) is 0 Å². The van der Waals surface area contributed by atoms with Crippen molar-refractivity contribution in [1.29, 1.82) is 0 Å². The van der Waals surface area contributed by atoms with Crippen molar-refractivity contribution in [2.75, 3.05) is 13.7 Å². The Hall–Kier alpha value is -1.37. The predicted octanol–water partition coefficient (Wildman–Crippen LogP) is 3.92. The number of benzene rings is 1. The van der Waals surface area contributed by atoms with E-state index in [-0.39, 0.29) is 4.90 Å². The molecule has 0 saturated heterocycles. The molecule has 1 aromatic carbocycles. The SMILES string of the molecule is CCCN(Cc1ccsc1)S(=O)(=O)c1cc(CC)ccc1OC. The van der Waals surface area contributed by atoms with Crippen LogP contribution in [0.4, 0.5) is 0 Å². The number of ether oxygens (including phenoxy) is 1. The fourth-order valence-electron chi connectivity index (χ4n) is 2.40. The maximum Gasteiger partial charge on any atom is 0.247 e. The van der Waals surface area contributed by atoms with E-state index in [0.717, 1.165) is 24.0 Å². The second kappa shape index (κ2) is 7.95. The molecule has 0 amide bonds. The van der Waals surface area contributed by atoms with E-state index in [1.54, 1.807) is 23.5 Å². The molecule has 6 heteroatoms. The maximum atomic E-state index is 13.1. The van der Waals surface area contributed by atoms with Crippen molar-refractivity contribution in [3.05, 3.63) is 46.2 Å². The van der Waals surface area contributed by atoms with Gasteiger partial charge in [-0.2, -0.15) is 15.6 Å². The lowest BCUT2D eigenvalue weighted by Crippen LogP contribution is -2.31. The van der Waals surface area contributed by atoms with Crippen molar-refractivity contribution < 1.29 is 13.2 Å². The Bertz CT molecular complexity index is 724. The number of rotatable bonds is 8. The van der Waals surface area contributed by atoms with E-state index in [1.165, 1.54) is 11.4 Å². The Morgan fingerprint density at radius 1 is 1.17 bits per heavy atom. The molecule has 0 atom stereocenters. The average Bonchev–Trinajstić information content (AvgIpc) is 3.07. The van der Waals surface area contributed by atoms with Crippen molar-refractivity contribution >= 4 is 21.4 Å². The summed E-state index contributed by atoms with van der Waals surface area (Å²) in [6.45, 7) is 4.86. The molecule has 2 rings (SSSR count). The van der Waals surface area contributed by atoms with E-state index in [2.05, 4.69) is 0 Å². The Kier molecular flexibility index (Phi) is 6.21. The molecule has 126 valence electrons.